The van der Waals surface area contributed by atoms with Crippen LogP contribution in [0.5, 0.6) is 0 Å². The first kappa shape index (κ1) is 11.3. The fourth-order valence-corrected chi connectivity index (χ4v) is 1.24. The third-order valence-corrected chi connectivity index (χ3v) is 2.03. The molecule has 0 unspecified atom stereocenters. The van der Waals surface area contributed by atoms with E-state index >= 15 is 0 Å². The summed E-state index contributed by atoms with van der Waals surface area (Å²) >= 11 is 0. The SMILES string of the molecule is CO[C@@H]1O[C@@H](C(=O)[O-])[C@H](O)[C@@H](O)[C@H]1O. The van der Waals surface area contributed by atoms with E-state index < -0.39 is 36.7 Å². The zero-order chi connectivity index (χ0) is 10.9. The first-order chi connectivity index (χ1) is 6.49. The van der Waals surface area contributed by atoms with Crippen LogP contribution in [0, 0.1) is 0 Å². The van der Waals surface area contributed by atoms with Crippen LogP contribution in [0.15, 0.2) is 0 Å². The highest BCUT2D eigenvalue weighted by atomic mass is 16.7. The molecule has 0 spiro atoms. The van der Waals surface area contributed by atoms with Crippen LogP contribution in [0.25, 0.3) is 0 Å². The molecule has 82 valence electrons. The Morgan fingerprint density at radius 3 is 2.29 bits per heavy atom. The van der Waals surface area contributed by atoms with Gasteiger partial charge in [-0.25, -0.2) is 0 Å². The van der Waals surface area contributed by atoms with Gasteiger partial charge in [-0.05, 0) is 0 Å². The Morgan fingerprint density at radius 2 is 1.86 bits per heavy atom. The lowest BCUT2D eigenvalue weighted by Gasteiger charge is -2.39. The predicted molar refractivity (Wildman–Crippen MR) is 38.7 cm³/mol. The standard InChI is InChI=1S/C7H12O7/c1-13-7-4(10)2(8)3(9)5(14-7)6(11)12/h2-5,7-10H,1H3,(H,11,12)/p-1/t2-,3-,4-,5-,7-/m1/s1. The van der Waals surface area contributed by atoms with Crippen molar-refractivity contribution in [2.75, 3.05) is 7.11 Å². The van der Waals surface area contributed by atoms with E-state index in [-0.39, 0.29) is 0 Å². The topological polar surface area (TPSA) is 119 Å². The van der Waals surface area contributed by atoms with Crippen LogP contribution in [0.2, 0.25) is 0 Å². The molecule has 1 aliphatic heterocycles. The number of ether oxygens (including phenoxy) is 2. The van der Waals surface area contributed by atoms with Gasteiger partial charge < -0.3 is 34.7 Å². The molecule has 0 aromatic carbocycles. The predicted octanol–water partition coefficient (Wildman–Crippen LogP) is -3.81. The number of methoxy groups -OCH3 is 1. The van der Waals surface area contributed by atoms with Gasteiger partial charge in [0.25, 0.3) is 0 Å². The van der Waals surface area contributed by atoms with Gasteiger partial charge in [0.1, 0.15) is 24.4 Å². The Balaban J connectivity index is 2.78. The van der Waals surface area contributed by atoms with E-state index in [1.54, 1.807) is 0 Å². The number of carboxylic acid groups (broad SMARTS) is 1. The van der Waals surface area contributed by atoms with E-state index in [0.29, 0.717) is 0 Å². The summed E-state index contributed by atoms with van der Waals surface area (Å²) in [4.78, 5) is 10.4. The lowest BCUT2D eigenvalue weighted by Crippen LogP contribution is -2.62. The molecule has 1 rings (SSSR count). The molecule has 1 heterocycles. The van der Waals surface area contributed by atoms with Gasteiger partial charge >= 0.3 is 0 Å². The van der Waals surface area contributed by atoms with Crippen molar-refractivity contribution >= 4 is 5.97 Å². The molecule has 7 nitrogen and oxygen atoms in total. The monoisotopic (exact) mass is 207 g/mol. The quantitative estimate of drug-likeness (QED) is 0.424. The minimum atomic E-state index is -1.73. The Bertz CT molecular complexity index is 216. The number of aliphatic hydroxyl groups is 3. The summed E-state index contributed by atoms with van der Waals surface area (Å²) in [5.41, 5.74) is 0. The van der Waals surface area contributed by atoms with Gasteiger partial charge in [0.05, 0.1) is 5.97 Å². The van der Waals surface area contributed by atoms with Crippen molar-refractivity contribution in [3.05, 3.63) is 0 Å². The van der Waals surface area contributed by atoms with E-state index in [4.69, 9.17) is 0 Å². The van der Waals surface area contributed by atoms with Gasteiger partial charge in [0, 0.05) is 7.11 Å². The fraction of sp³-hybridized carbons (Fsp3) is 0.857. The van der Waals surface area contributed by atoms with Crippen LogP contribution in [0.1, 0.15) is 0 Å². The van der Waals surface area contributed by atoms with Crippen LogP contribution in [0.3, 0.4) is 0 Å². The molecule has 1 saturated heterocycles. The van der Waals surface area contributed by atoms with Crippen molar-refractivity contribution in [3.63, 3.8) is 0 Å². The Morgan fingerprint density at radius 1 is 1.29 bits per heavy atom. The molecule has 3 N–H and O–H groups in total. The zero-order valence-corrected chi connectivity index (χ0v) is 7.36. The Hall–Kier alpha value is -0.730. The molecular weight excluding hydrogens is 196 g/mol. The largest absolute Gasteiger partial charge is 0.547 e. The van der Waals surface area contributed by atoms with Crippen LogP contribution < -0.4 is 5.11 Å². The summed E-state index contributed by atoms with van der Waals surface area (Å²) in [5.74, 6) is -1.68. The molecule has 0 radical (unpaired) electrons. The third-order valence-electron chi connectivity index (χ3n) is 2.03. The molecule has 0 aliphatic carbocycles. The van der Waals surface area contributed by atoms with Gasteiger partial charge in [-0.1, -0.05) is 0 Å². The van der Waals surface area contributed by atoms with Gasteiger partial charge in [-0.2, -0.15) is 0 Å². The van der Waals surface area contributed by atoms with Crippen LogP contribution in [0.4, 0.5) is 0 Å². The normalized spacial score (nSPS) is 43.6. The second kappa shape index (κ2) is 4.20. The summed E-state index contributed by atoms with van der Waals surface area (Å²) in [7, 11) is 1.17. The van der Waals surface area contributed by atoms with Crippen molar-refractivity contribution in [3.8, 4) is 0 Å². The van der Waals surface area contributed by atoms with E-state index in [1.807, 2.05) is 0 Å². The summed E-state index contributed by atoms with van der Waals surface area (Å²) in [6.45, 7) is 0. The summed E-state index contributed by atoms with van der Waals surface area (Å²) < 4.78 is 9.22. The van der Waals surface area contributed by atoms with Crippen LogP contribution in [-0.4, -0.2) is 59.1 Å². The molecule has 0 saturated carbocycles. The van der Waals surface area contributed by atoms with Gasteiger partial charge in [-0.3, -0.25) is 0 Å². The highest BCUT2D eigenvalue weighted by molar-refractivity contribution is 5.71. The minimum Gasteiger partial charge on any atom is -0.547 e. The first-order valence-electron chi connectivity index (χ1n) is 3.92. The highest BCUT2D eigenvalue weighted by Gasteiger charge is 2.44. The molecule has 1 fully saturated rings. The number of carbonyl (C=O) groups is 1. The molecule has 14 heavy (non-hydrogen) atoms. The third kappa shape index (κ3) is 1.86. The summed E-state index contributed by atoms with van der Waals surface area (Å²) in [6.07, 6.45) is -7.88. The van der Waals surface area contributed by atoms with Crippen molar-refractivity contribution in [2.24, 2.45) is 0 Å². The maximum absolute atomic E-state index is 10.4. The lowest BCUT2D eigenvalue weighted by molar-refractivity contribution is -0.347. The number of aliphatic carboxylic acids is 1. The molecule has 7 heteroatoms. The summed E-state index contributed by atoms with van der Waals surface area (Å²) in [5, 5.41) is 38.1. The number of hydrogen-bond donors (Lipinski definition) is 3. The minimum absolute atomic E-state index is 1.17. The Kier molecular flexibility index (Phi) is 3.40. The maximum atomic E-state index is 10.4. The van der Waals surface area contributed by atoms with E-state index in [9.17, 15) is 25.2 Å². The average Bonchev–Trinajstić information content (AvgIpc) is 2.14. The van der Waals surface area contributed by atoms with E-state index in [0.717, 1.165) is 0 Å². The number of carbonyl (C=O) groups excluding carboxylic acids is 1. The smallest absolute Gasteiger partial charge is 0.186 e. The molecule has 0 aromatic heterocycles. The second-order valence-corrected chi connectivity index (χ2v) is 2.95. The number of rotatable bonds is 2. The molecule has 1 aliphatic rings. The van der Waals surface area contributed by atoms with Crippen molar-refractivity contribution in [1.29, 1.82) is 0 Å². The second-order valence-electron chi connectivity index (χ2n) is 2.95. The average molecular weight is 207 g/mol. The summed E-state index contributed by atoms with van der Waals surface area (Å²) in [6, 6.07) is 0. The van der Waals surface area contributed by atoms with Crippen molar-refractivity contribution in [1.82, 2.24) is 0 Å². The van der Waals surface area contributed by atoms with Crippen molar-refractivity contribution < 1.29 is 34.7 Å². The fourth-order valence-electron chi connectivity index (χ4n) is 1.24. The van der Waals surface area contributed by atoms with Gasteiger partial charge in [0.2, 0.25) is 0 Å². The highest BCUT2D eigenvalue weighted by Crippen LogP contribution is 2.21. The Labute approximate surface area is 79.5 Å². The van der Waals surface area contributed by atoms with E-state index in [2.05, 4.69) is 9.47 Å². The molecule has 0 amide bonds. The molecular formula is C7H11O7-. The van der Waals surface area contributed by atoms with E-state index in [1.165, 1.54) is 7.11 Å². The molecule has 5 atom stereocenters. The number of hydrogen-bond acceptors (Lipinski definition) is 7. The molecule has 0 bridgehead atoms. The van der Waals surface area contributed by atoms with Crippen LogP contribution in [-0.2, 0) is 14.3 Å². The van der Waals surface area contributed by atoms with Crippen LogP contribution >= 0.6 is 0 Å². The maximum Gasteiger partial charge on any atom is 0.186 e. The molecule has 0 aromatic rings. The number of aliphatic hydroxyl groups excluding tert-OH is 3. The lowest BCUT2D eigenvalue weighted by atomic mass is 9.99. The van der Waals surface area contributed by atoms with Gasteiger partial charge in [0.15, 0.2) is 6.29 Å². The number of carboxylic acids is 1. The van der Waals surface area contributed by atoms with Crippen molar-refractivity contribution in [2.45, 2.75) is 30.7 Å². The zero-order valence-electron chi connectivity index (χ0n) is 7.36. The van der Waals surface area contributed by atoms with Gasteiger partial charge in [-0.15, -0.1) is 0 Å². The first-order valence-corrected chi connectivity index (χ1v) is 3.92.